The van der Waals surface area contributed by atoms with Crippen molar-refractivity contribution < 1.29 is 18.4 Å². The van der Waals surface area contributed by atoms with Crippen LogP contribution in [-0.4, -0.2) is 16.6 Å². The molecule has 2 heterocycles. The molecule has 3 aromatic carbocycles. The summed E-state index contributed by atoms with van der Waals surface area (Å²) in [5.74, 6) is -0.512. The second-order valence-corrected chi connectivity index (χ2v) is 8.34. The Balaban J connectivity index is 1.38. The highest BCUT2D eigenvalue weighted by Crippen LogP contribution is 2.35. The van der Waals surface area contributed by atoms with E-state index in [2.05, 4.69) is 4.98 Å². The van der Waals surface area contributed by atoms with E-state index in [9.17, 15) is 14.0 Å². The van der Waals surface area contributed by atoms with Gasteiger partial charge in [0.2, 0.25) is 5.71 Å². The molecule has 0 bridgehead atoms. The van der Waals surface area contributed by atoms with Crippen LogP contribution in [-0.2, 0) is 0 Å². The standard InChI is InChI=1S/C25H12FNO3S/c26-16-7-5-13(6-8-16)25-27-24-21(31-25)12-17(30-24)11-20-22(28)18-9-14-3-1-2-4-15(14)10-19(18)23(20)29/h1-12H. The molecule has 148 valence electrons. The third-order valence-corrected chi connectivity index (χ3v) is 6.38. The molecule has 31 heavy (non-hydrogen) atoms. The molecule has 0 saturated heterocycles. The number of carbonyl (C=O) groups excluding carboxylic acids is 2. The summed E-state index contributed by atoms with van der Waals surface area (Å²) < 4.78 is 19.7. The molecular weight excluding hydrogens is 413 g/mol. The van der Waals surface area contributed by atoms with Crippen LogP contribution in [0, 0.1) is 5.82 Å². The number of Topliss-reactive ketones (excluding diaryl/α,β-unsaturated/α-hetero) is 2. The van der Waals surface area contributed by atoms with Crippen LogP contribution in [0.15, 0.2) is 76.7 Å². The molecule has 0 unspecified atom stereocenters. The van der Waals surface area contributed by atoms with E-state index in [4.69, 9.17) is 4.42 Å². The number of carbonyl (C=O) groups is 2. The Kier molecular flexibility index (Phi) is 3.79. The lowest BCUT2D eigenvalue weighted by Gasteiger charge is -2.00. The van der Waals surface area contributed by atoms with E-state index in [-0.39, 0.29) is 23.0 Å². The van der Waals surface area contributed by atoms with Crippen molar-refractivity contribution in [3.63, 3.8) is 0 Å². The molecule has 0 spiro atoms. The fourth-order valence-corrected chi connectivity index (χ4v) is 4.76. The molecule has 0 fully saturated rings. The maximum atomic E-state index is 13.1. The quantitative estimate of drug-likeness (QED) is 0.246. The van der Waals surface area contributed by atoms with Crippen molar-refractivity contribution in [1.82, 2.24) is 4.98 Å². The zero-order valence-electron chi connectivity index (χ0n) is 15.9. The lowest BCUT2D eigenvalue weighted by molar-refractivity contribution is 0.0990. The first-order valence-corrected chi connectivity index (χ1v) is 10.4. The number of rotatable bonds is 2. The smallest absolute Gasteiger partial charge is 0.238 e. The summed E-state index contributed by atoms with van der Waals surface area (Å²) in [5.41, 5.74) is 2.13. The van der Waals surface area contributed by atoms with Gasteiger partial charge in [-0.25, -0.2) is 9.37 Å². The molecule has 0 radical (unpaired) electrons. The van der Waals surface area contributed by atoms with E-state index in [0.717, 1.165) is 21.0 Å². The van der Waals surface area contributed by atoms with Crippen LogP contribution in [0.2, 0.25) is 0 Å². The maximum Gasteiger partial charge on any atom is 0.238 e. The van der Waals surface area contributed by atoms with Crippen LogP contribution in [0.3, 0.4) is 0 Å². The number of ketones is 2. The van der Waals surface area contributed by atoms with Gasteiger partial charge in [0.1, 0.15) is 16.6 Å². The molecule has 6 heteroatoms. The highest BCUT2D eigenvalue weighted by atomic mass is 32.1. The second kappa shape index (κ2) is 6.55. The average molecular weight is 425 g/mol. The largest absolute Gasteiger partial charge is 0.437 e. The number of aromatic nitrogens is 1. The number of nitrogens with zero attached hydrogens (tertiary/aromatic N) is 1. The Morgan fingerprint density at radius 1 is 0.871 bits per heavy atom. The van der Waals surface area contributed by atoms with Crippen LogP contribution in [0.5, 0.6) is 0 Å². The van der Waals surface area contributed by atoms with Crippen molar-refractivity contribution in [2.24, 2.45) is 0 Å². The zero-order valence-corrected chi connectivity index (χ0v) is 16.7. The number of benzene rings is 3. The summed E-state index contributed by atoms with van der Waals surface area (Å²) in [6.07, 6.45) is 1.49. The molecular formula is C25H12FNO3S. The van der Waals surface area contributed by atoms with E-state index in [0.29, 0.717) is 27.6 Å². The zero-order chi connectivity index (χ0) is 21.1. The first-order valence-electron chi connectivity index (χ1n) is 9.57. The van der Waals surface area contributed by atoms with Gasteiger partial charge < -0.3 is 4.42 Å². The Bertz CT molecular complexity index is 1490. The minimum Gasteiger partial charge on any atom is -0.437 e. The molecule has 1 aliphatic rings. The van der Waals surface area contributed by atoms with Crippen LogP contribution < -0.4 is 0 Å². The minimum atomic E-state index is -0.308. The minimum absolute atomic E-state index is 0.0884. The Hall–Kier alpha value is -3.90. The van der Waals surface area contributed by atoms with Crippen molar-refractivity contribution in [2.75, 3.05) is 0 Å². The maximum absolute atomic E-state index is 13.1. The molecule has 4 nitrogen and oxygen atoms in total. The molecule has 0 amide bonds. The van der Waals surface area contributed by atoms with Gasteiger partial charge in [-0.3, -0.25) is 9.59 Å². The first-order chi connectivity index (χ1) is 15.1. The summed E-state index contributed by atoms with van der Waals surface area (Å²) in [4.78, 5) is 30.3. The summed E-state index contributed by atoms with van der Waals surface area (Å²) >= 11 is 1.40. The Morgan fingerprint density at radius 3 is 2.13 bits per heavy atom. The Labute approximate surface area is 179 Å². The molecule has 1 aliphatic carbocycles. The highest BCUT2D eigenvalue weighted by molar-refractivity contribution is 7.21. The third-order valence-electron chi connectivity index (χ3n) is 5.35. The van der Waals surface area contributed by atoms with Crippen LogP contribution in [0.4, 0.5) is 4.39 Å². The predicted octanol–water partition coefficient (Wildman–Crippen LogP) is 6.31. The summed E-state index contributed by atoms with van der Waals surface area (Å²) in [7, 11) is 0. The molecule has 0 aliphatic heterocycles. The predicted molar refractivity (Wildman–Crippen MR) is 118 cm³/mol. The summed E-state index contributed by atoms with van der Waals surface area (Å²) in [6.45, 7) is 0. The van der Waals surface area contributed by atoms with Gasteiger partial charge in [0, 0.05) is 22.8 Å². The van der Waals surface area contributed by atoms with E-state index >= 15 is 0 Å². The number of thiazole rings is 1. The monoisotopic (exact) mass is 425 g/mol. The molecule has 5 aromatic rings. The number of furan rings is 1. The number of allylic oxidation sites excluding steroid dienone is 1. The topological polar surface area (TPSA) is 60.2 Å². The molecule has 0 N–H and O–H groups in total. The highest BCUT2D eigenvalue weighted by Gasteiger charge is 2.33. The van der Waals surface area contributed by atoms with E-state index in [1.807, 2.05) is 24.3 Å². The molecule has 6 rings (SSSR count). The molecule has 2 aromatic heterocycles. The second-order valence-electron chi connectivity index (χ2n) is 7.31. The summed E-state index contributed by atoms with van der Waals surface area (Å²) in [6, 6.07) is 19.0. The van der Waals surface area contributed by atoms with Gasteiger partial charge in [-0.15, -0.1) is 11.3 Å². The van der Waals surface area contributed by atoms with Gasteiger partial charge in [0.15, 0.2) is 11.6 Å². The number of hydrogen-bond acceptors (Lipinski definition) is 5. The van der Waals surface area contributed by atoms with Gasteiger partial charge in [0.25, 0.3) is 0 Å². The third kappa shape index (κ3) is 2.84. The van der Waals surface area contributed by atoms with Gasteiger partial charge in [-0.2, -0.15) is 0 Å². The van der Waals surface area contributed by atoms with Gasteiger partial charge in [-0.1, -0.05) is 24.3 Å². The first kappa shape index (κ1) is 17.9. The van der Waals surface area contributed by atoms with Crippen LogP contribution in [0.25, 0.3) is 37.8 Å². The number of halogens is 1. The number of fused-ring (bicyclic) bond motifs is 3. The van der Waals surface area contributed by atoms with Crippen LogP contribution in [0.1, 0.15) is 26.5 Å². The van der Waals surface area contributed by atoms with E-state index < -0.39 is 0 Å². The Morgan fingerprint density at radius 2 is 1.52 bits per heavy atom. The van der Waals surface area contributed by atoms with Gasteiger partial charge >= 0.3 is 0 Å². The van der Waals surface area contributed by atoms with Gasteiger partial charge in [-0.05, 0) is 53.2 Å². The van der Waals surface area contributed by atoms with Crippen molar-refractivity contribution in [3.05, 3.63) is 95.0 Å². The van der Waals surface area contributed by atoms with E-state index in [1.165, 1.54) is 29.5 Å². The number of hydrogen-bond donors (Lipinski definition) is 0. The normalized spacial score (nSPS) is 13.4. The molecule has 0 saturated carbocycles. The van der Waals surface area contributed by atoms with Crippen molar-refractivity contribution >= 4 is 50.2 Å². The average Bonchev–Trinajstić information content (AvgIpc) is 3.40. The fraction of sp³-hybridized carbons (Fsp3) is 0. The van der Waals surface area contributed by atoms with Crippen molar-refractivity contribution in [3.8, 4) is 10.6 Å². The lowest BCUT2D eigenvalue weighted by atomic mass is 10.0. The van der Waals surface area contributed by atoms with Crippen LogP contribution >= 0.6 is 11.3 Å². The van der Waals surface area contributed by atoms with Crippen molar-refractivity contribution in [2.45, 2.75) is 0 Å². The SMILES string of the molecule is O=C1C(=Cc2cc3sc(-c4ccc(F)cc4)nc3o2)C(=O)c2cc3ccccc3cc21. The lowest BCUT2D eigenvalue weighted by Crippen LogP contribution is -1.99. The fourth-order valence-electron chi connectivity index (χ4n) is 3.82. The molecule has 0 atom stereocenters. The summed E-state index contributed by atoms with van der Waals surface area (Å²) in [5, 5.41) is 2.54. The van der Waals surface area contributed by atoms with Crippen molar-refractivity contribution in [1.29, 1.82) is 0 Å². The van der Waals surface area contributed by atoms with E-state index in [1.54, 1.807) is 30.3 Å². The van der Waals surface area contributed by atoms with Gasteiger partial charge in [0.05, 0.1) is 10.3 Å².